The smallest absolute Gasteiger partial charge is 0.244 e. The molecule has 0 saturated carbocycles. The van der Waals surface area contributed by atoms with Crippen LogP contribution in [0.1, 0.15) is 0 Å². The molecule has 0 aromatic carbocycles. The number of thioether (sulfide) groups is 1. The Morgan fingerprint density at radius 2 is 2.06 bits per heavy atom. The van der Waals surface area contributed by atoms with Gasteiger partial charge in [-0.05, 0) is 12.1 Å². The van der Waals surface area contributed by atoms with Crippen molar-refractivity contribution in [1.29, 1.82) is 0 Å². The van der Waals surface area contributed by atoms with Crippen LogP contribution < -0.4 is 5.32 Å². The first-order chi connectivity index (χ1) is 8.14. The van der Waals surface area contributed by atoms with Crippen LogP contribution in [-0.4, -0.2) is 49.3 Å². The normalized spacial score (nSPS) is 17.9. The first-order valence-electron chi connectivity index (χ1n) is 5.36. The molecule has 94 valence electrons. The fourth-order valence-electron chi connectivity index (χ4n) is 1.62. The molecule has 1 aromatic heterocycles. The molecule has 1 N–H and O–H groups in total. The number of anilines is 1. The largest absolute Gasteiger partial charge is 0.373 e. The topological polar surface area (TPSA) is 62.3 Å². The molecule has 1 aliphatic rings. The lowest BCUT2D eigenvalue weighted by atomic mass is 10.5. The summed E-state index contributed by atoms with van der Waals surface area (Å²) in [7, 11) is -1.61. The van der Waals surface area contributed by atoms with Gasteiger partial charge in [0, 0.05) is 37.8 Å². The number of nitrogens with one attached hydrogen (secondary N) is 1. The van der Waals surface area contributed by atoms with Crippen LogP contribution in [0.3, 0.4) is 0 Å². The van der Waals surface area contributed by atoms with Crippen molar-refractivity contribution < 1.29 is 8.42 Å². The van der Waals surface area contributed by atoms with Crippen molar-refractivity contribution in [3.63, 3.8) is 0 Å². The van der Waals surface area contributed by atoms with Crippen LogP contribution in [-0.2, 0) is 10.0 Å². The van der Waals surface area contributed by atoms with E-state index in [4.69, 9.17) is 0 Å². The van der Waals surface area contributed by atoms with Gasteiger partial charge in [0.2, 0.25) is 10.0 Å². The number of hydrogen-bond acceptors (Lipinski definition) is 5. The van der Waals surface area contributed by atoms with Crippen molar-refractivity contribution in [2.75, 3.05) is 37.0 Å². The summed E-state index contributed by atoms with van der Waals surface area (Å²) in [4.78, 5) is 4.30. The monoisotopic (exact) mass is 273 g/mol. The lowest BCUT2D eigenvalue weighted by molar-refractivity contribution is 0.443. The Labute approximate surface area is 106 Å². The third kappa shape index (κ3) is 2.72. The molecule has 1 saturated heterocycles. The second-order valence-corrected chi connectivity index (χ2v) is 6.81. The maximum Gasteiger partial charge on any atom is 0.244 e. The first kappa shape index (κ1) is 12.7. The fraction of sp³-hybridized carbons (Fsp3) is 0.500. The van der Waals surface area contributed by atoms with E-state index in [1.54, 1.807) is 30.9 Å². The van der Waals surface area contributed by atoms with Gasteiger partial charge < -0.3 is 5.32 Å². The molecule has 0 atom stereocenters. The maximum absolute atomic E-state index is 12.2. The number of aromatic nitrogens is 1. The van der Waals surface area contributed by atoms with Gasteiger partial charge >= 0.3 is 0 Å². The molecule has 0 aliphatic carbocycles. The van der Waals surface area contributed by atoms with Gasteiger partial charge in [0.05, 0.1) is 0 Å². The van der Waals surface area contributed by atoms with Crippen LogP contribution in [0.25, 0.3) is 0 Å². The predicted octanol–water partition coefficient (Wildman–Crippen LogP) is 0.861. The van der Waals surface area contributed by atoms with E-state index in [1.807, 2.05) is 0 Å². The van der Waals surface area contributed by atoms with E-state index in [9.17, 15) is 8.42 Å². The Balaban J connectivity index is 2.23. The molecule has 7 heteroatoms. The highest BCUT2D eigenvalue weighted by Crippen LogP contribution is 2.20. The Morgan fingerprint density at radius 1 is 1.35 bits per heavy atom. The van der Waals surface area contributed by atoms with E-state index in [0.29, 0.717) is 18.9 Å². The van der Waals surface area contributed by atoms with Crippen LogP contribution in [0.15, 0.2) is 23.2 Å². The van der Waals surface area contributed by atoms with E-state index in [0.717, 1.165) is 11.5 Å². The average Bonchev–Trinajstić information content (AvgIpc) is 2.40. The maximum atomic E-state index is 12.2. The summed E-state index contributed by atoms with van der Waals surface area (Å²) >= 11 is 1.78. The van der Waals surface area contributed by atoms with Crippen molar-refractivity contribution in [1.82, 2.24) is 9.29 Å². The van der Waals surface area contributed by atoms with Gasteiger partial charge in [-0.1, -0.05) is 0 Å². The van der Waals surface area contributed by atoms with E-state index in [2.05, 4.69) is 10.3 Å². The molecule has 0 amide bonds. The summed E-state index contributed by atoms with van der Waals surface area (Å²) in [6, 6.07) is 3.27. The highest BCUT2D eigenvalue weighted by molar-refractivity contribution is 7.99. The number of rotatable bonds is 3. The minimum atomic E-state index is -3.36. The highest BCUT2D eigenvalue weighted by atomic mass is 32.2. The van der Waals surface area contributed by atoms with E-state index >= 15 is 0 Å². The summed E-state index contributed by atoms with van der Waals surface area (Å²) in [6.07, 6.45) is 1.41. The quantitative estimate of drug-likeness (QED) is 0.885. The molecule has 2 rings (SSSR count). The standard InChI is InChI=1S/C10H15N3O2S2/c1-11-10-3-2-9(8-12-10)17(14,15)13-4-6-16-7-5-13/h2-3,8H,4-7H2,1H3,(H,11,12). The molecule has 0 bridgehead atoms. The number of pyridine rings is 1. The zero-order chi connectivity index (χ0) is 12.3. The van der Waals surface area contributed by atoms with Gasteiger partial charge in [-0.2, -0.15) is 16.1 Å². The highest BCUT2D eigenvalue weighted by Gasteiger charge is 2.26. The lowest BCUT2D eigenvalue weighted by Gasteiger charge is -2.25. The van der Waals surface area contributed by atoms with Crippen molar-refractivity contribution in [3.8, 4) is 0 Å². The van der Waals surface area contributed by atoms with Crippen molar-refractivity contribution >= 4 is 27.6 Å². The Hall–Kier alpha value is -0.790. The van der Waals surface area contributed by atoms with E-state index < -0.39 is 10.0 Å². The van der Waals surface area contributed by atoms with Crippen LogP contribution in [0, 0.1) is 0 Å². The van der Waals surface area contributed by atoms with Crippen LogP contribution in [0.2, 0.25) is 0 Å². The molecule has 1 aliphatic heterocycles. The summed E-state index contributed by atoms with van der Waals surface area (Å²) in [5.74, 6) is 2.39. The summed E-state index contributed by atoms with van der Waals surface area (Å²) in [6.45, 7) is 1.17. The third-order valence-corrected chi connectivity index (χ3v) is 5.43. The fourth-order valence-corrected chi connectivity index (χ4v) is 4.14. The minimum Gasteiger partial charge on any atom is -0.373 e. The van der Waals surface area contributed by atoms with Crippen LogP contribution in [0.5, 0.6) is 0 Å². The molecule has 2 heterocycles. The van der Waals surface area contributed by atoms with Crippen LogP contribution in [0.4, 0.5) is 5.82 Å². The lowest BCUT2D eigenvalue weighted by Crippen LogP contribution is -2.37. The van der Waals surface area contributed by atoms with Gasteiger partial charge in [0.25, 0.3) is 0 Å². The van der Waals surface area contributed by atoms with Gasteiger partial charge in [0.15, 0.2) is 0 Å². The molecule has 0 radical (unpaired) electrons. The Kier molecular flexibility index (Phi) is 3.90. The van der Waals surface area contributed by atoms with Gasteiger partial charge in [0.1, 0.15) is 10.7 Å². The summed E-state index contributed by atoms with van der Waals surface area (Å²) in [5, 5.41) is 2.86. The summed E-state index contributed by atoms with van der Waals surface area (Å²) < 4.78 is 26.0. The zero-order valence-corrected chi connectivity index (χ0v) is 11.2. The van der Waals surface area contributed by atoms with Crippen LogP contribution >= 0.6 is 11.8 Å². The van der Waals surface area contributed by atoms with E-state index in [-0.39, 0.29) is 4.90 Å². The van der Waals surface area contributed by atoms with Crippen molar-refractivity contribution in [2.45, 2.75) is 4.90 Å². The third-order valence-electron chi connectivity index (χ3n) is 2.60. The first-order valence-corrected chi connectivity index (χ1v) is 7.96. The van der Waals surface area contributed by atoms with E-state index in [1.165, 1.54) is 10.5 Å². The molecule has 17 heavy (non-hydrogen) atoms. The van der Waals surface area contributed by atoms with Crippen molar-refractivity contribution in [2.24, 2.45) is 0 Å². The molecule has 0 spiro atoms. The average molecular weight is 273 g/mol. The van der Waals surface area contributed by atoms with Gasteiger partial charge in [-0.15, -0.1) is 0 Å². The second-order valence-electron chi connectivity index (χ2n) is 3.65. The SMILES string of the molecule is CNc1ccc(S(=O)(=O)N2CCSCC2)cn1. The molecule has 1 fully saturated rings. The molecule has 1 aromatic rings. The molecule has 0 unspecified atom stereocenters. The zero-order valence-electron chi connectivity index (χ0n) is 9.59. The summed E-state index contributed by atoms with van der Waals surface area (Å²) in [5.41, 5.74) is 0. The molecular formula is C10H15N3O2S2. The Morgan fingerprint density at radius 3 is 2.59 bits per heavy atom. The van der Waals surface area contributed by atoms with Crippen molar-refractivity contribution in [3.05, 3.63) is 18.3 Å². The second kappa shape index (κ2) is 5.24. The van der Waals surface area contributed by atoms with Gasteiger partial charge in [-0.25, -0.2) is 13.4 Å². The molecule has 5 nitrogen and oxygen atoms in total. The van der Waals surface area contributed by atoms with Gasteiger partial charge in [-0.3, -0.25) is 0 Å². The molecular weight excluding hydrogens is 258 g/mol. The number of hydrogen-bond donors (Lipinski definition) is 1. The Bertz CT molecular complexity index is 467. The predicted molar refractivity (Wildman–Crippen MR) is 69.9 cm³/mol. The number of sulfonamides is 1. The minimum absolute atomic E-state index is 0.267. The number of nitrogens with zero attached hydrogens (tertiary/aromatic N) is 2.